The maximum atomic E-state index is 11.5. The molecule has 0 atom stereocenters. The second-order valence-corrected chi connectivity index (χ2v) is 4.27. The summed E-state index contributed by atoms with van der Waals surface area (Å²) in [5.41, 5.74) is 0. The number of amides is 3. The summed E-state index contributed by atoms with van der Waals surface area (Å²) < 4.78 is 0. The maximum absolute atomic E-state index is 11.5. The van der Waals surface area contributed by atoms with Crippen LogP contribution in [0.5, 0.6) is 0 Å². The smallest absolute Gasteiger partial charge is 0.317 e. The molecule has 0 unspecified atom stereocenters. The summed E-state index contributed by atoms with van der Waals surface area (Å²) in [7, 11) is 0. The fourth-order valence-corrected chi connectivity index (χ4v) is 1.55. The number of likely N-dealkylation sites (tertiary alicyclic amines) is 1. The molecule has 1 rings (SSSR count). The Kier molecular flexibility index (Phi) is 5.41. The summed E-state index contributed by atoms with van der Waals surface area (Å²) in [6.45, 7) is 3.35. The third-order valence-electron chi connectivity index (χ3n) is 2.72. The molecule has 1 heterocycles. The van der Waals surface area contributed by atoms with Crippen molar-refractivity contribution in [2.45, 2.75) is 19.8 Å². The first-order valence-corrected chi connectivity index (χ1v) is 6.06. The van der Waals surface area contributed by atoms with E-state index >= 15 is 0 Å². The minimum Gasteiger partial charge on any atom is -0.481 e. The van der Waals surface area contributed by atoms with Gasteiger partial charge in [0.2, 0.25) is 5.91 Å². The van der Waals surface area contributed by atoms with Crippen LogP contribution in [0.3, 0.4) is 0 Å². The Bertz CT molecular complexity index is 326. The van der Waals surface area contributed by atoms with Gasteiger partial charge in [-0.25, -0.2) is 4.79 Å². The molecule has 1 aliphatic rings. The number of hydrogen-bond acceptors (Lipinski definition) is 3. The molecule has 1 aliphatic heterocycles. The Morgan fingerprint density at radius 1 is 1.22 bits per heavy atom. The highest BCUT2D eigenvalue weighted by atomic mass is 16.4. The minimum atomic E-state index is -0.877. The normalized spacial score (nSPS) is 14.8. The highest BCUT2D eigenvalue weighted by Crippen LogP contribution is 2.14. The van der Waals surface area contributed by atoms with E-state index in [1.807, 2.05) is 6.92 Å². The van der Waals surface area contributed by atoms with Crippen LogP contribution in [0.1, 0.15) is 19.8 Å². The van der Waals surface area contributed by atoms with Gasteiger partial charge in [0.25, 0.3) is 0 Å². The number of aliphatic carboxylic acids is 1. The van der Waals surface area contributed by atoms with E-state index in [4.69, 9.17) is 5.11 Å². The van der Waals surface area contributed by atoms with Gasteiger partial charge < -0.3 is 20.6 Å². The van der Waals surface area contributed by atoms with Crippen LogP contribution < -0.4 is 10.6 Å². The average Bonchev–Trinajstić information content (AvgIpc) is 2.23. The van der Waals surface area contributed by atoms with Crippen molar-refractivity contribution < 1.29 is 19.5 Å². The first kappa shape index (κ1) is 14.3. The quantitative estimate of drug-likeness (QED) is 0.604. The lowest BCUT2D eigenvalue weighted by atomic mass is 10.0. The van der Waals surface area contributed by atoms with Crippen LogP contribution in [-0.4, -0.2) is 54.1 Å². The third-order valence-corrected chi connectivity index (χ3v) is 2.72. The second-order valence-electron chi connectivity index (χ2n) is 4.27. The van der Waals surface area contributed by atoms with Crippen molar-refractivity contribution >= 4 is 17.9 Å². The second kappa shape index (κ2) is 6.83. The summed E-state index contributed by atoms with van der Waals surface area (Å²) in [6.07, 6.45) is 1.12. The Labute approximate surface area is 106 Å². The fourth-order valence-electron chi connectivity index (χ4n) is 1.55. The number of nitrogens with one attached hydrogen (secondary N) is 2. The first-order chi connectivity index (χ1) is 8.54. The molecule has 1 saturated heterocycles. The molecule has 0 aromatic rings. The predicted octanol–water partition coefficient (Wildman–Crippen LogP) is -0.371. The van der Waals surface area contributed by atoms with Gasteiger partial charge in [-0.1, -0.05) is 6.92 Å². The van der Waals surface area contributed by atoms with Crippen molar-refractivity contribution in [2.75, 3.05) is 26.2 Å². The van der Waals surface area contributed by atoms with Gasteiger partial charge in [-0.05, 0) is 6.42 Å². The van der Waals surface area contributed by atoms with E-state index in [1.54, 1.807) is 0 Å². The SMILES string of the molecule is CCCNC(=O)CCNC(=O)N1CC(C(=O)O)C1. The lowest BCUT2D eigenvalue weighted by Crippen LogP contribution is -2.56. The zero-order chi connectivity index (χ0) is 13.5. The van der Waals surface area contributed by atoms with Crippen LogP contribution in [0, 0.1) is 5.92 Å². The molecule has 0 spiro atoms. The summed E-state index contributed by atoms with van der Waals surface area (Å²) in [5.74, 6) is -1.43. The number of carboxylic acids is 1. The van der Waals surface area contributed by atoms with Gasteiger partial charge in [0, 0.05) is 32.6 Å². The van der Waals surface area contributed by atoms with E-state index in [9.17, 15) is 14.4 Å². The molecule has 7 heteroatoms. The van der Waals surface area contributed by atoms with Gasteiger partial charge in [0.05, 0.1) is 5.92 Å². The van der Waals surface area contributed by atoms with Crippen molar-refractivity contribution in [1.29, 1.82) is 0 Å². The first-order valence-electron chi connectivity index (χ1n) is 6.06. The molecule has 0 aliphatic carbocycles. The van der Waals surface area contributed by atoms with E-state index in [2.05, 4.69) is 10.6 Å². The van der Waals surface area contributed by atoms with Crippen LogP contribution >= 0.6 is 0 Å². The predicted molar refractivity (Wildman–Crippen MR) is 64.0 cm³/mol. The molecule has 0 aromatic heterocycles. The average molecular weight is 257 g/mol. The molecule has 0 bridgehead atoms. The summed E-state index contributed by atoms with van der Waals surface area (Å²) in [6, 6.07) is -0.309. The zero-order valence-corrected chi connectivity index (χ0v) is 10.4. The zero-order valence-electron chi connectivity index (χ0n) is 10.4. The van der Waals surface area contributed by atoms with Gasteiger partial charge in [-0.2, -0.15) is 0 Å². The van der Waals surface area contributed by atoms with E-state index in [0.29, 0.717) is 6.54 Å². The van der Waals surface area contributed by atoms with Crippen LogP contribution in [-0.2, 0) is 9.59 Å². The lowest BCUT2D eigenvalue weighted by Gasteiger charge is -2.36. The number of rotatable bonds is 6. The number of hydrogen-bond donors (Lipinski definition) is 3. The largest absolute Gasteiger partial charge is 0.481 e. The van der Waals surface area contributed by atoms with Gasteiger partial charge in [0.1, 0.15) is 0 Å². The summed E-state index contributed by atoms with van der Waals surface area (Å²) in [4.78, 5) is 34.7. The summed E-state index contributed by atoms with van der Waals surface area (Å²) >= 11 is 0. The van der Waals surface area contributed by atoms with Crippen LogP contribution in [0.15, 0.2) is 0 Å². The Morgan fingerprint density at radius 2 is 1.89 bits per heavy atom. The Morgan fingerprint density at radius 3 is 2.44 bits per heavy atom. The molecular weight excluding hydrogens is 238 g/mol. The van der Waals surface area contributed by atoms with Gasteiger partial charge in [-0.15, -0.1) is 0 Å². The van der Waals surface area contributed by atoms with Gasteiger partial charge in [0.15, 0.2) is 0 Å². The molecule has 18 heavy (non-hydrogen) atoms. The molecular formula is C11H19N3O4. The van der Waals surface area contributed by atoms with E-state index < -0.39 is 11.9 Å². The molecule has 1 fully saturated rings. The Balaban J connectivity index is 2.08. The lowest BCUT2D eigenvalue weighted by molar-refractivity contribution is -0.146. The minimum absolute atomic E-state index is 0.0934. The van der Waals surface area contributed by atoms with E-state index in [1.165, 1.54) is 4.90 Å². The number of urea groups is 1. The van der Waals surface area contributed by atoms with Crippen molar-refractivity contribution in [3.8, 4) is 0 Å². The number of carboxylic acid groups (broad SMARTS) is 1. The van der Waals surface area contributed by atoms with Gasteiger partial charge >= 0.3 is 12.0 Å². The monoisotopic (exact) mass is 257 g/mol. The number of carbonyl (C=O) groups excluding carboxylic acids is 2. The molecule has 0 aromatic carbocycles. The van der Waals surface area contributed by atoms with Crippen LogP contribution in [0.2, 0.25) is 0 Å². The molecule has 7 nitrogen and oxygen atoms in total. The number of nitrogens with zero attached hydrogens (tertiary/aromatic N) is 1. The fraction of sp³-hybridized carbons (Fsp3) is 0.727. The molecule has 3 amide bonds. The number of carbonyl (C=O) groups is 3. The summed E-state index contributed by atoms with van der Waals surface area (Å²) in [5, 5.41) is 13.9. The molecule has 3 N–H and O–H groups in total. The highest BCUT2D eigenvalue weighted by molar-refractivity contribution is 5.80. The van der Waals surface area contributed by atoms with Crippen molar-refractivity contribution in [3.05, 3.63) is 0 Å². The van der Waals surface area contributed by atoms with Crippen molar-refractivity contribution in [1.82, 2.24) is 15.5 Å². The molecule has 0 radical (unpaired) electrons. The van der Waals surface area contributed by atoms with E-state index in [-0.39, 0.29) is 38.0 Å². The standard InChI is InChI=1S/C11H19N3O4/c1-2-4-12-9(15)3-5-13-11(18)14-6-8(7-14)10(16)17/h8H,2-7H2,1H3,(H,12,15)(H,13,18)(H,16,17). The highest BCUT2D eigenvalue weighted by Gasteiger charge is 2.35. The maximum Gasteiger partial charge on any atom is 0.317 e. The Hall–Kier alpha value is -1.79. The van der Waals surface area contributed by atoms with Crippen molar-refractivity contribution in [3.63, 3.8) is 0 Å². The molecule has 102 valence electrons. The molecule has 0 saturated carbocycles. The third kappa shape index (κ3) is 4.23. The van der Waals surface area contributed by atoms with E-state index in [0.717, 1.165) is 6.42 Å². The topological polar surface area (TPSA) is 98.7 Å². The van der Waals surface area contributed by atoms with Gasteiger partial charge in [-0.3, -0.25) is 9.59 Å². The van der Waals surface area contributed by atoms with Crippen molar-refractivity contribution in [2.24, 2.45) is 5.92 Å². The van der Waals surface area contributed by atoms with Crippen LogP contribution in [0.4, 0.5) is 4.79 Å². The van der Waals surface area contributed by atoms with Crippen LogP contribution in [0.25, 0.3) is 0 Å².